The highest BCUT2D eigenvalue weighted by Gasteiger charge is 2.53. The number of amides is 3. The Morgan fingerprint density at radius 2 is 2.00 bits per heavy atom. The quantitative estimate of drug-likeness (QED) is 0.744. The second-order valence-corrected chi connectivity index (χ2v) is 6.08. The molecule has 118 valence electrons. The molecule has 1 aromatic rings. The van der Waals surface area contributed by atoms with Gasteiger partial charge in [0, 0.05) is 37.9 Å². The fourth-order valence-electron chi connectivity index (χ4n) is 3.08. The van der Waals surface area contributed by atoms with Gasteiger partial charge >= 0.3 is 6.03 Å². The zero-order chi connectivity index (χ0) is 16.1. The molecule has 1 spiro atoms. The van der Waals surface area contributed by atoms with Crippen LogP contribution in [0.1, 0.15) is 17.1 Å². The highest BCUT2D eigenvalue weighted by molar-refractivity contribution is 5.82. The maximum absolute atomic E-state index is 12.3. The van der Waals surface area contributed by atoms with E-state index in [-0.39, 0.29) is 29.5 Å². The Balaban J connectivity index is 1.68. The van der Waals surface area contributed by atoms with E-state index in [9.17, 15) is 14.4 Å². The Hall–Kier alpha value is -2.38. The van der Waals surface area contributed by atoms with E-state index < -0.39 is 0 Å². The van der Waals surface area contributed by atoms with E-state index >= 15 is 0 Å². The van der Waals surface area contributed by atoms with Gasteiger partial charge in [-0.2, -0.15) is 0 Å². The molecule has 0 aromatic carbocycles. The molecule has 2 aliphatic rings. The third-order valence-electron chi connectivity index (χ3n) is 4.58. The Morgan fingerprint density at radius 1 is 1.32 bits per heavy atom. The molecule has 3 amide bonds. The molecule has 2 aliphatic heterocycles. The second-order valence-electron chi connectivity index (χ2n) is 6.08. The molecule has 0 aliphatic carbocycles. The minimum Gasteiger partial charge on any atom is -0.337 e. The van der Waals surface area contributed by atoms with Crippen LogP contribution >= 0.6 is 0 Å². The first-order valence-electron chi connectivity index (χ1n) is 7.18. The molecule has 1 aromatic heterocycles. The minimum atomic E-state index is -0.292. The molecule has 2 N–H and O–H groups in total. The number of carbonyl (C=O) groups is 2. The van der Waals surface area contributed by atoms with Crippen LogP contribution in [0, 0.1) is 13.8 Å². The molecular formula is C14H19N5O3. The third-order valence-corrected chi connectivity index (χ3v) is 4.58. The number of hydrogen-bond donors (Lipinski definition) is 2. The smallest absolute Gasteiger partial charge is 0.317 e. The predicted octanol–water partition coefficient (Wildman–Crippen LogP) is -0.835. The van der Waals surface area contributed by atoms with E-state index in [2.05, 4.69) is 15.3 Å². The molecular weight excluding hydrogens is 286 g/mol. The Labute approximate surface area is 127 Å². The molecule has 22 heavy (non-hydrogen) atoms. The van der Waals surface area contributed by atoms with Crippen molar-refractivity contribution in [1.82, 2.24) is 25.1 Å². The number of carbonyl (C=O) groups excluding carboxylic acids is 2. The third kappa shape index (κ3) is 2.15. The van der Waals surface area contributed by atoms with Crippen LogP contribution in [-0.2, 0) is 11.2 Å². The van der Waals surface area contributed by atoms with Crippen LogP contribution in [0.25, 0.3) is 0 Å². The minimum absolute atomic E-state index is 0.0373. The van der Waals surface area contributed by atoms with Crippen molar-refractivity contribution in [1.29, 1.82) is 0 Å². The molecule has 2 fully saturated rings. The normalized spacial score (nSPS) is 19.3. The van der Waals surface area contributed by atoms with Crippen molar-refractivity contribution in [3.05, 3.63) is 27.4 Å². The van der Waals surface area contributed by atoms with Gasteiger partial charge in [-0.15, -0.1) is 0 Å². The lowest BCUT2D eigenvalue weighted by atomic mass is 9.89. The maximum atomic E-state index is 12.3. The predicted molar refractivity (Wildman–Crippen MR) is 78.5 cm³/mol. The van der Waals surface area contributed by atoms with Crippen LogP contribution in [0.15, 0.2) is 4.79 Å². The summed E-state index contributed by atoms with van der Waals surface area (Å²) >= 11 is 0. The number of aryl methyl sites for hydroxylation is 2. The van der Waals surface area contributed by atoms with Crippen molar-refractivity contribution in [2.75, 3.05) is 26.7 Å². The summed E-state index contributed by atoms with van der Waals surface area (Å²) in [7, 11) is 1.74. The number of nitrogens with one attached hydrogen (secondary N) is 2. The van der Waals surface area contributed by atoms with Gasteiger partial charge in [0.15, 0.2) is 0 Å². The van der Waals surface area contributed by atoms with Crippen molar-refractivity contribution in [3.63, 3.8) is 0 Å². The van der Waals surface area contributed by atoms with Crippen LogP contribution in [-0.4, -0.2) is 63.9 Å². The van der Waals surface area contributed by atoms with Crippen LogP contribution in [0.5, 0.6) is 0 Å². The summed E-state index contributed by atoms with van der Waals surface area (Å²) in [5, 5.41) is 2.78. The summed E-state index contributed by atoms with van der Waals surface area (Å²) < 4.78 is 0. The Kier molecular flexibility index (Phi) is 3.19. The molecule has 8 heteroatoms. The van der Waals surface area contributed by atoms with Crippen molar-refractivity contribution >= 4 is 11.9 Å². The molecule has 3 heterocycles. The summed E-state index contributed by atoms with van der Waals surface area (Å²) in [4.78, 5) is 46.0. The van der Waals surface area contributed by atoms with Gasteiger partial charge in [-0.1, -0.05) is 0 Å². The van der Waals surface area contributed by atoms with Crippen LogP contribution in [0.3, 0.4) is 0 Å². The average Bonchev–Trinajstić information content (AvgIpc) is 2.69. The summed E-state index contributed by atoms with van der Waals surface area (Å²) in [6, 6.07) is -0.109. The number of nitrogens with zero attached hydrogens (tertiary/aromatic N) is 3. The lowest BCUT2D eigenvalue weighted by Gasteiger charge is -2.50. The fraction of sp³-hybridized carbons (Fsp3) is 0.571. The molecule has 0 atom stereocenters. The molecule has 3 rings (SSSR count). The lowest BCUT2D eigenvalue weighted by Crippen LogP contribution is -2.70. The highest BCUT2D eigenvalue weighted by Crippen LogP contribution is 2.30. The van der Waals surface area contributed by atoms with Gasteiger partial charge in [0.05, 0.1) is 12.0 Å². The van der Waals surface area contributed by atoms with Crippen LogP contribution < -0.4 is 10.9 Å². The number of urea groups is 1. The van der Waals surface area contributed by atoms with Crippen molar-refractivity contribution in [3.8, 4) is 0 Å². The van der Waals surface area contributed by atoms with E-state index in [0.717, 1.165) is 0 Å². The lowest BCUT2D eigenvalue weighted by molar-refractivity contribution is -0.141. The summed E-state index contributed by atoms with van der Waals surface area (Å²) in [5.74, 6) is 0.427. The number of aromatic nitrogens is 2. The number of rotatable bonds is 2. The molecule has 0 radical (unpaired) electrons. The molecule has 0 bridgehead atoms. The van der Waals surface area contributed by atoms with Gasteiger partial charge in [-0.3, -0.25) is 9.59 Å². The number of hydrogen-bond acceptors (Lipinski definition) is 4. The molecule has 2 saturated heterocycles. The maximum Gasteiger partial charge on any atom is 0.317 e. The molecule has 0 unspecified atom stereocenters. The van der Waals surface area contributed by atoms with E-state index in [1.54, 1.807) is 30.7 Å². The largest absolute Gasteiger partial charge is 0.337 e. The second kappa shape index (κ2) is 4.82. The van der Waals surface area contributed by atoms with Crippen LogP contribution in [0.4, 0.5) is 4.79 Å². The molecule has 0 saturated carbocycles. The SMILES string of the molecule is Cc1nc(C)c(CC(=O)N2CC3(CNC(=O)N3C)C2)c(=O)[nH]1. The Morgan fingerprint density at radius 3 is 2.55 bits per heavy atom. The molecule has 8 nitrogen and oxygen atoms in total. The van der Waals surface area contributed by atoms with Gasteiger partial charge < -0.3 is 20.1 Å². The van der Waals surface area contributed by atoms with Gasteiger partial charge in [-0.05, 0) is 13.8 Å². The van der Waals surface area contributed by atoms with Gasteiger partial charge in [0.2, 0.25) is 5.91 Å². The van der Waals surface area contributed by atoms with E-state index in [4.69, 9.17) is 0 Å². The van der Waals surface area contributed by atoms with Crippen molar-refractivity contribution < 1.29 is 9.59 Å². The standard InChI is InChI=1S/C14H19N5O3/c1-8-10(12(21)17-9(2)16-8)4-11(20)19-6-14(7-19)5-15-13(22)18(14)3/h4-7H2,1-3H3,(H,15,22)(H,16,17,21). The number of likely N-dealkylation sites (tertiary alicyclic amines) is 1. The van der Waals surface area contributed by atoms with Crippen molar-refractivity contribution in [2.24, 2.45) is 0 Å². The first-order valence-corrected chi connectivity index (χ1v) is 7.18. The zero-order valence-corrected chi connectivity index (χ0v) is 12.9. The van der Waals surface area contributed by atoms with Gasteiger partial charge in [0.1, 0.15) is 5.82 Å². The van der Waals surface area contributed by atoms with E-state index in [1.165, 1.54) is 0 Å². The highest BCUT2D eigenvalue weighted by atomic mass is 16.2. The summed E-state index contributed by atoms with van der Waals surface area (Å²) in [6.45, 7) is 4.99. The van der Waals surface area contributed by atoms with E-state index in [0.29, 0.717) is 36.7 Å². The number of likely N-dealkylation sites (N-methyl/N-ethyl adjacent to an activating group) is 1. The van der Waals surface area contributed by atoms with Crippen LogP contribution in [0.2, 0.25) is 0 Å². The van der Waals surface area contributed by atoms with Gasteiger partial charge in [0.25, 0.3) is 5.56 Å². The fourth-order valence-corrected chi connectivity index (χ4v) is 3.08. The topological polar surface area (TPSA) is 98.4 Å². The first kappa shape index (κ1) is 14.6. The zero-order valence-electron chi connectivity index (χ0n) is 12.9. The number of aromatic amines is 1. The number of H-pyrrole nitrogens is 1. The summed E-state index contributed by atoms with van der Waals surface area (Å²) in [6.07, 6.45) is 0.0373. The average molecular weight is 305 g/mol. The van der Waals surface area contributed by atoms with E-state index in [1.807, 2.05) is 0 Å². The van der Waals surface area contributed by atoms with Crippen molar-refractivity contribution in [2.45, 2.75) is 25.8 Å². The van der Waals surface area contributed by atoms with Gasteiger partial charge in [-0.25, -0.2) is 9.78 Å². The summed E-state index contributed by atoms with van der Waals surface area (Å²) in [5.41, 5.74) is 0.438. The monoisotopic (exact) mass is 305 g/mol. The Bertz CT molecular complexity index is 705. The first-order chi connectivity index (χ1) is 10.3.